The highest BCUT2D eigenvalue weighted by Gasteiger charge is 2.05. The van der Waals surface area contributed by atoms with Crippen LogP contribution in [0.5, 0.6) is 5.75 Å². The molecule has 1 aliphatic rings. The van der Waals surface area contributed by atoms with Crippen LogP contribution in [0.25, 0.3) is 5.57 Å². The third-order valence-electron chi connectivity index (χ3n) is 3.81. The molecule has 110 valence electrons. The Bertz CT molecular complexity index is 408. The molecule has 2 nitrogen and oxygen atoms in total. The normalized spacial score (nSPS) is 14.9. The predicted molar refractivity (Wildman–Crippen MR) is 86.2 cm³/mol. The van der Waals surface area contributed by atoms with Gasteiger partial charge in [0.2, 0.25) is 0 Å². The molecule has 0 aliphatic carbocycles. The van der Waals surface area contributed by atoms with Crippen LogP contribution in [-0.4, -0.2) is 19.7 Å². The van der Waals surface area contributed by atoms with E-state index in [4.69, 9.17) is 4.74 Å². The zero-order valence-corrected chi connectivity index (χ0v) is 12.7. The average Bonchev–Trinajstić information content (AvgIpc) is 2.52. The lowest BCUT2D eigenvalue weighted by Crippen LogP contribution is -2.19. The second kappa shape index (κ2) is 8.80. The van der Waals surface area contributed by atoms with Gasteiger partial charge in [-0.1, -0.05) is 50.8 Å². The Morgan fingerprint density at radius 2 is 1.85 bits per heavy atom. The van der Waals surface area contributed by atoms with E-state index >= 15 is 0 Å². The first-order valence-corrected chi connectivity index (χ1v) is 8.03. The van der Waals surface area contributed by atoms with Crippen molar-refractivity contribution in [2.75, 3.05) is 19.7 Å². The minimum absolute atomic E-state index is 0.843. The van der Waals surface area contributed by atoms with Crippen LogP contribution in [0.4, 0.5) is 0 Å². The number of benzene rings is 1. The number of ether oxygens (including phenoxy) is 1. The van der Waals surface area contributed by atoms with Gasteiger partial charge in [0.25, 0.3) is 0 Å². The van der Waals surface area contributed by atoms with Gasteiger partial charge in [-0.2, -0.15) is 0 Å². The van der Waals surface area contributed by atoms with Crippen LogP contribution in [0.2, 0.25) is 0 Å². The monoisotopic (exact) mass is 273 g/mol. The van der Waals surface area contributed by atoms with Gasteiger partial charge in [-0.15, -0.1) is 0 Å². The fourth-order valence-electron chi connectivity index (χ4n) is 2.55. The SMILES string of the molecule is CCCCCCCOc1ccc(C2=CCNCC2)cc1. The number of hydrogen-bond donors (Lipinski definition) is 1. The maximum absolute atomic E-state index is 5.80. The number of hydrogen-bond acceptors (Lipinski definition) is 2. The molecule has 1 aromatic carbocycles. The first-order chi connectivity index (χ1) is 9.90. The van der Waals surface area contributed by atoms with Gasteiger partial charge in [0.05, 0.1) is 6.61 Å². The summed E-state index contributed by atoms with van der Waals surface area (Å²) in [6.45, 7) is 5.17. The molecule has 0 aromatic heterocycles. The highest BCUT2D eigenvalue weighted by atomic mass is 16.5. The van der Waals surface area contributed by atoms with E-state index in [9.17, 15) is 0 Å². The standard InChI is InChI=1S/C18H27NO/c1-2-3-4-5-6-15-20-18-9-7-16(8-10-18)17-11-13-19-14-12-17/h7-11,19H,2-6,12-15H2,1H3. The number of unbranched alkanes of at least 4 members (excludes halogenated alkanes) is 4. The first-order valence-electron chi connectivity index (χ1n) is 8.03. The zero-order chi connectivity index (χ0) is 14.0. The molecule has 0 fully saturated rings. The van der Waals surface area contributed by atoms with E-state index in [1.54, 1.807) is 0 Å². The van der Waals surface area contributed by atoms with Crippen molar-refractivity contribution in [2.45, 2.75) is 45.4 Å². The molecule has 0 saturated heterocycles. The molecule has 0 unspecified atom stereocenters. The van der Waals surface area contributed by atoms with Crippen molar-refractivity contribution in [3.05, 3.63) is 35.9 Å². The summed E-state index contributed by atoms with van der Waals surface area (Å²) < 4.78 is 5.80. The zero-order valence-electron chi connectivity index (χ0n) is 12.7. The maximum Gasteiger partial charge on any atom is 0.119 e. The van der Waals surface area contributed by atoms with Crippen molar-refractivity contribution in [3.8, 4) is 5.75 Å². The topological polar surface area (TPSA) is 21.3 Å². The van der Waals surface area contributed by atoms with Gasteiger partial charge in [0, 0.05) is 6.54 Å². The molecule has 0 radical (unpaired) electrons. The summed E-state index contributed by atoms with van der Waals surface area (Å²) in [6, 6.07) is 8.57. The minimum Gasteiger partial charge on any atom is -0.494 e. The molecule has 1 N–H and O–H groups in total. The minimum atomic E-state index is 0.843. The quantitative estimate of drug-likeness (QED) is 0.708. The molecule has 2 rings (SSSR count). The van der Waals surface area contributed by atoms with E-state index in [1.807, 2.05) is 0 Å². The Morgan fingerprint density at radius 3 is 2.55 bits per heavy atom. The Morgan fingerprint density at radius 1 is 1.05 bits per heavy atom. The molecule has 0 bridgehead atoms. The Hall–Kier alpha value is -1.28. The van der Waals surface area contributed by atoms with Crippen LogP contribution in [0.1, 0.15) is 51.0 Å². The van der Waals surface area contributed by atoms with Crippen molar-refractivity contribution in [3.63, 3.8) is 0 Å². The van der Waals surface area contributed by atoms with Crippen molar-refractivity contribution < 1.29 is 4.74 Å². The molecule has 20 heavy (non-hydrogen) atoms. The average molecular weight is 273 g/mol. The number of rotatable bonds is 8. The highest BCUT2D eigenvalue weighted by molar-refractivity contribution is 5.67. The number of nitrogens with one attached hydrogen (secondary N) is 1. The largest absolute Gasteiger partial charge is 0.494 e. The molecule has 0 spiro atoms. The van der Waals surface area contributed by atoms with Crippen molar-refractivity contribution in [1.29, 1.82) is 0 Å². The molecular weight excluding hydrogens is 246 g/mol. The van der Waals surface area contributed by atoms with Gasteiger partial charge in [-0.05, 0) is 42.7 Å². The highest BCUT2D eigenvalue weighted by Crippen LogP contribution is 2.22. The lowest BCUT2D eigenvalue weighted by molar-refractivity contribution is 0.304. The lowest BCUT2D eigenvalue weighted by atomic mass is 10.0. The van der Waals surface area contributed by atoms with Gasteiger partial charge >= 0.3 is 0 Å². The van der Waals surface area contributed by atoms with E-state index in [2.05, 4.69) is 42.6 Å². The summed E-state index contributed by atoms with van der Waals surface area (Å²) in [5, 5.41) is 3.34. The van der Waals surface area contributed by atoms with Crippen LogP contribution in [0.3, 0.4) is 0 Å². The summed E-state index contributed by atoms with van der Waals surface area (Å²) in [5.74, 6) is 0.999. The fourth-order valence-corrected chi connectivity index (χ4v) is 2.55. The summed E-state index contributed by atoms with van der Waals surface area (Å²) in [7, 11) is 0. The van der Waals surface area contributed by atoms with Gasteiger partial charge in [-0.25, -0.2) is 0 Å². The Labute approximate surface area is 123 Å². The first kappa shape index (κ1) is 15.1. The molecule has 2 heteroatoms. The fraction of sp³-hybridized carbons (Fsp3) is 0.556. The Balaban J connectivity index is 1.72. The van der Waals surface area contributed by atoms with Crippen molar-refractivity contribution in [2.24, 2.45) is 0 Å². The van der Waals surface area contributed by atoms with Crippen molar-refractivity contribution in [1.82, 2.24) is 5.32 Å². The predicted octanol–water partition coefficient (Wildman–Crippen LogP) is 4.41. The third-order valence-corrected chi connectivity index (χ3v) is 3.81. The molecule has 0 amide bonds. The van der Waals surface area contributed by atoms with E-state index in [0.717, 1.165) is 31.9 Å². The van der Waals surface area contributed by atoms with Gasteiger partial charge in [-0.3, -0.25) is 0 Å². The van der Waals surface area contributed by atoms with E-state index in [1.165, 1.54) is 43.2 Å². The van der Waals surface area contributed by atoms with Crippen LogP contribution in [0.15, 0.2) is 30.3 Å². The van der Waals surface area contributed by atoms with E-state index in [0.29, 0.717) is 0 Å². The second-order valence-electron chi connectivity index (χ2n) is 5.47. The van der Waals surface area contributed by atoms with Gasteiger partial charge in [0.1, 0.15) is 5.75 Å². The maximum atomic E-state index is 5.80. The van der Waals surface area contributed by atoms with Gasteiger partial charge < -0.3 is 10.1 Å². The van der Waals surface area contributed by atoms with Crippen molar-refractivity contribution >= 4 is 5.57 Å². The lowest BCUT2D eigenvalue weighted by Gasteiger charge is -2.14. The van der Waals surface area contributed by atoms with Crippen LogP contribution < -0.4 is 10.1 Å². The smallest absolute Gasteiger partial charge is 0.119 e. The van der Waals surface area contributed by atoms with Crippen LogP contribution in [-0.2, 0) is 0 Å². The van der Waals surface area contributed by atoms with E-state index < -0.39 is 0 Å². The molecule has 0 saturated carbocycles. The summed E-state index contributed by atoms with van der Waals surface area (Å²) in [6.07, 6.45) is 9.84. The molecule has 1 aliphatic heterocycles. The van der Waals surface area contributed by atoms with Crippen LogP contribution >= 0.6 is 0 Å². The summed E-state index contributed by atoms with van der Waals surface area (Å²) >= 11 is 0. The van der Waals surface area contributed by atoms with Gasteiger partial charge in [0.15, 0.2) is 0 Å². The molecule has 1 heterocycles. The Kier molecular flexibility index (Phi) is 6.65. The third kappa shape index (κ3) is 5.01. The molecule has 1 aromatic rings. The molecule has 0 atom stereocenters. The molecular formula is C18H27NO. The van der Waals surface area contributed by atoms with E-state index in [-0.39, 0.29) is 0 Å². The second-order valence-corrected chi connectivity index (χ2v) is 5.47. The van der Waals surface area contributed by atoms with Crippen LogP contribution in [0, 0.1) is 0 Å². The summed E-state index contributed by atoms with van der Waals surface area (Å²) in [4.78, 5) is 0. The summed E-state index contributed by atoms with van der Waals surface area (Å²) in [5.41, 5.74) is 2.79.